The van der Waals surface area contributed by atoms with Crippen LogP contribution in [0, 0.1) is 6.92 Å². The smallest absolute Gasteiger partial charge is 0.145 e. The van der Waals surface area contributed by atoms with Gasteiger partial charge in [-0.15, -0.1) is 0 Å². The number of hydrogen-bond acceptors (Lipinski definition) is 3. The predicted molar refractivity (Wildman–Crippen MR) is 53.6 cm³/mol. The molecule has 0 aliphatic rings. The third kappa shape index (κ3) is 1.76. The minimum absolute atomic E-state index is 0.572. The third-order valence-electron chi connectivity index (χ3n) is 2.10. The molecule has 0 unspecified atom stereocenters. The molecule has 74 valence electrons. The van der Waals surface area contributed by atoms with Crippen LogP contribution in [0.25, 0.3) is 0 Å². The van der Waals surface area contributed by atoms with E-state index < -0.39 is 0 Å². The Kier molecular flexibility index (Phi) is 2.22. The van der Waals surface area contributed by atoms with Crippen LogP contribution < -0.4 is 5.73 Å². The van der Waals surface area contributed by atoms with Gasteiger partial charge in [-0.05, 0) is 13.0 Å². The lowest BCUT2D eigenvalue weighted by molar-refractivity contribution is 0.493. The summed E-state index contributed by atoms with van der Waals surface area (Å²) in [4.78, 5) is 0. The molecule has 0 radical (unpaired) electrons. The van der Waals surface area contributed by atoms with Crippen LogP contribution in [0.2, 0.25) is 0 Å². The monoisotopic (exact) mass is 191 g/mol. The van der Waals surface area contributed by atoms with Crippen molar-refractivity contribution >= 4 is 5.82 Å². The van der Waals surface area contributed by atoms with Crippen molar-refractivity contribution < 1.29 is 0 Å². The van der Waals surface area contributed by atoms with Crippen molar-refractivity contribution in [1.82, 2.24) is 19.6 Å². The van der Waals surface area contributed by atoms with Crippen LogP contribution in [0.1, 0.15) is 5.69 Å². The molecule has 0 aliphatic heterocycles. The highest BCUT2D eigenvalue weighted by Crippen LogP contribution is 2.04. The van der Waals surface area contributed by atoms with Gasteiger partial charge < -0.3 is 5.73 Å². The van der Waals surface area contributed by atoms with E-state index >= 15 is 0 Å². The lowest BCUT2D eigenvalue weighted by atomic mass is 10.4. The van der Waals surface area contributed by atoms with E-state index in [0.29, 0.717) is 5.82 Å². The molecule has 0 amide bonds. The quantitative estimate of drug-likeness (QED) is 0.775. The van der Waals surface area contributed by atoms with E-state index in [1.165, 1.54) is 0 Å². The summed E-state index contributed by atoms with van der Waals surface area (Å²) >= 11 is 0. The second-order valence-corrected chi connectivity index (χ2v) is 3.20. The fourth-order valence-corrected chi connectivity index (χ4v) is 1.39. The van der Waals surface area contributed by atoms with E-state index in [2.05, 4.69) is 10.2 Å². The molecule has 14 heavy (non-hydrogen) atoms. The van der Waals surface area contributed by atoms with Gasteiger partial charge in [-0.2, -0.15) is 10.2 Å². The van der Waals surface area contributed by atoms with Crippen LogP contribution in [-0.4, -0.2) is 19.6 Å². The number of aromatic nitrogens is 4. The van der Waals surface area contributed by atoms with Crippen LogP contribution in [0.4, 0.5) is 5.82 Å². The SMILES string of the molecule is Cc1cc(N)nn1CCn1cccn1. The van der Waals surface area contributed by atoms with E-state index in [0.717, 1.165) is 18.8 Å². The van der Waals surface area contributed by atoms with Gasteiger partial charge in [-0.25, -0.2) is 0 Å². The maximum atomic E-state index is 5.57. The first-order valence-corrected chi connectivity index (χ1v) is 4.53. The maximum absolute atomic E-state index is 5.57. The van der Waals surface area contributed by atoms with Crippen molar-refractivity contribution in [2.24, 2.45) is 0 Å². The van der Waals surface area contributed by atoms with Gasteiger partial charge in [0.1, 0.15) is 5.82 Å². The zero-order valence-electron chi connectivity index (χ0n) is 8.09. The predicted octanol–water partition coefficient (Wildman–Crippen LogP) is 0.670. The summed E-state index contributed by atoms with van der Waals surface area (Å²) in [5, 5.41) is 8.28. The highest BCUT2D eigenvalue weighted by molar-refractivity contribution is 5.28. The molecular formula is C9H13N5. The van der Waals surface area contributed by atoms with Crippen molar-refractivity contribution in [1.29, 1.82) is 0 Å². The number of hydrogen-bond donors (Lipinski definition) is 1. The molecule has 5 heteroatoms. The van der Waals surface area contributed by atoms with Gasteiger partial charge in [-0.3, -0.25) is 9.36 Å². The van der Waals surface area contributed by atoms with Gasteiger partial charge in [0, 0.05) is 24.2 Å². The molecule has 2 aromatic rings. The lowest BCUT2D eigenvalue weighted by Crippen LogP contribution is -2.10. The molecule has 0 saturated heterocycles. The minimum Gasteiger partial charge on any atom is -0.382 e. The van der Waals surface area contributed by atoms with E-state index in [1.807, 2.05) is 34.6 Å². The summed E-state index contributed by atoms with van der Waals surface area (Å²) in [5.41, 5.74) is 6.65. The van der Waals surface area contributed by atoms with Gasteiger partial charge in [-0.1, -0.05) is 0 Å². The highest BCUT2D eigenvalue weighted by atomic mass is 15.3. The average Bonchev–Trinajstić information content (AvgIpc) is 2.72. The molecule has 2 aromatic heterocycles. The lowest BCUT2D eigenvalue weighted by Gasteiger charge is -2.03. The number of nitrogen functional groups attached to an aromatic ring is 1. The van der Waals surface area contributed by atoms with Gasteiger partial charge in [0.05, 0.1) is 13.1 Å². The molecule has 0 saturated carbocycles. The first kappa shape index (κ1) is 8.80. The number of aryl methyl sites for hydroxylation is 3. The Labute approximate surface area is 82.1 Å². The standard InChI is InChI=1S/C9H13N5/c1-8-7-9(10)12-14(8)6-5-13-4-2-3-11-13/h2-4,7H,5-6H2,1H3,(H2,10,12). The molecule has 0 spiro atoms. The maximum Gasteiger partial charge on any atom is 0.145 e. The average molecular weight is 191 g/mol. The molecule has 5 nitrogen and oxygen atoms in total. The number of nitrogens with zero attached hydrogens (tertiary/aromatic N) is 4. The molecule has 2 N–H and O–H groups in total. The Hall–Kier alpha value is -1.78. The topological polar surface area (TPSA) is 61.7 Å². The second-order valence-electron chi connectivity index (χ2n) is 3.20. The third-order valence-corrected chi connectivity index (χ3v) is 2.10. The fraction of sp³-hybridized carbons (Fsp3) is 0.333. The normalized spacial score (nSPS) is 10.6. The summed E-state index contributed by atoms with van der Waals surface area (Å²) < 4.78 is 3.76. The first-order valence-electron chi connectivity index (χ1n) is 4.53. The van der Waals surface area contributed by atoms with Crippen LogP contribution >= 0.6 is 0 Å². The number of rotatable bonds is 3. The molecule has 2 rings (SSSR count). The summed E-state index contributed by atoms with van der Waals surface area (Å²) in [5.74, 6) is 0.572. The summed E-state index contributed by atoms with van der Waals surface area (Å²) in [6, 6.07) is 3.77. The minimum atomic E-state index is 0.572. The Morgan fingerprint density at radius 1 is 1.43 bits per heavy atom. The fourth-order valence-electron chi connectivity index (χ4n) is 1.39. The molecular weight excluding hydrogens is 178 g/mol. The van der Waals surface area contributed by atoms with E-state index in [4.69, 9.17) is 5.73 Å². The summed E-state index contributed by atoms with van der Waals surface area (Å²) in [6.45, 7) is 3.60. The molecule has 0 aromatic carbocycles. The van der Waals surface area contributed by atoms with Crippen molar-refractivity contribution in [2.45, 2.75) is 20.0 Å². The van der Waals surface area contributed by atoms with Crippen molar-refractivity contribution in [3.05, 3.63) is 30.2 Å². The van der Waals surface area contributed by atoms with Gasteiger partial charge >= 0.3 is 0 Å². The van der Waals surface area contributed by atoms with Gasteiger partial charge in [0.2, 0.25) is 0 Å². The van der Waals surface area contributed by atoms with Gasteiger partial charge in [0.15, 0.2) is 0 Å². The summed E-state index contributed by atoms with van der Waals surface area (Å²) in [7, 11) is 0. The van der Waals surface area contributed by atoms with Crippen LogP contribution in [0.3, 0.4) is 0 Å². The second kappa shape index (κ2) is 3.53. The Morgan fingerprint density at radius 3 is 2.86 bits per heavy atom. The van der Waals surface area contributed by atoms with Crippen molar-refractivity contribution in [3.63, 3.8) is 0 Å². The largest absolute Gasteiger partial charge is 0.382 e. The summed E-state index contributed by atoms with van der Waals surface area (Å²) in [6.07, 6.45) is 3.70. The van der Waals surface area contributed by atoms with E-state index in [9.17, 15) is 0 Å². The first-order chi connectivity index (χ1) is 6.75. The molecule has 0 fully saturated rings. The van der Waals surface area contributed by atoms with Crippen LogP contribution in [0.15, 0.2) is 24.5 Å². The highest BCUT2D eigenvalue weighted by Gasteiger charge is 2.00. The molecule has 0 aliphatic carbocycles. The zero-order chi connectivity index (χ0) is 9.97. The number of nitrogens with two attached hydrogens (primary N) is 1. The Balaban J connectivity index is 2.01. The van der Waals surface area contributed by atoms with Gasteiger partial charge in [0.25, 0.3) is 0 Å². The van der Waals surface area contributed by atoms with Crippen LogP contribution in [-0.2, 0) is 13.1 Å². The van der Waals surface area contributed by atoms with Crippen molar-refractivity contribution in [2.75, 3.05) is 5.73 Å². The molecule has 2 heterocycles. The van der Waals surface area contributed by atoms with Crippen molar-refractivity contribution in [3.8, 4) is 0 Å². The molecule has 0 atom stereocenters. The van der Waals surface area contributed by atoms with E-state index in [1.54, 1.807) is 6.20 Å². The zero-order valence-corrected chi connectivity index (χ0v) is 8.09. The van der Waals surface area contributed by atoms with E-state index in [-0.39, 0.29) is 0 Å². The molecule has 0 bridgehead atoms. The number of anilines is 1. The van der Waals surface area contributed by atoms with Crippen LogP contribution in [0.5, 0.6) is 0 Å². The Bertz CT molecular complexity index is 401. The Morgan fingerprint density at radius 2 is 2.29 bits per heavy atom.